The molecule has 6 nitrogen and oxygen atoms in total. The molecule has 1 atom stereocenters. The minimum absolute atomic E-state index is 0.188. The second kappa shape index (κ2) is 6.75. The number of hydrogen-bond donors (Lipinski definition) is 1. The summed E-state index contributed by atoms with van der Waals surface area (Å²) in [6.45, 7) is 9.00. The normalized spacial score (nSPS) is 20.0. The summed E-state index contributed by atoms with van der Waals surface area (Å²) in [7, 11) is 0. The van der Waals surface area contributed by atoms with Crippen LogP contribution in [0.4, 0.5) is 4.79 Å². The lowest BCUT2D eigenvalue weighted by Crippen LogP contribution is -2.56. The third-order valence-electron chi connectivity index (χ3n) is 2.61. The molecule has 1 saturated heterocycles. The Morgan fingerprint density at radius 2 is 2.11 bits per heavy atom. The van der Waals surface area contributed by atoms with E-state index in [0.717, 1.165) is 6.42 Å². The van der Waals surface area contributed by atoms with Crippen LogP contribution in [0, 0.1) is 0 Å². The number of amides is 2. The lowest BCUT2D eigenvalue weighted by atomic mass is 10.2. The van der Waals surface area contributed by atoms with E-state index in [1.165, 1.54) is 4.90 Å². The molecule has 0 radical (unpaired) electrons. The molecule has 0 aromatic rings. The molecular weight excluding hydrogens is 248 g/mol. The van der Waals surface area contributed by atoms with E-state index in [4.69, 9.17) is 9.47 Å². The van der Waals surface area contributed by atoms with Gasteiger partial charge in [-0.05, 0) is 27.2 Å². The third kappa shape index (κ3) is 5.06. The van der Waals surface area contributed by atoms with Crippen LogP contribution < -0.4 is 5.32 Å². The van der Waals surface area contributed by atoms with Crippen LogP contribution in [0.25, 0.3) is 0 Å². The van der Waals surface area contributed by atoms with Crippen molar-refractivity contribution in [2.75, 3.05) is 26.3 Å². The van der Waals surface area contributed by atoms with Crippen molar-refractivity contribution in [1.29, 1.82) is 0 Å². The van der Waals surface area contributed by atoms with Crippen LogP contribution in [0.3, 0.4) is 0 Å². The first-order chi connectivity index (χ1) is 8.85. The maximum absolute atomic E-state index is 12.1. The zero-order valence-electron chi connectivity index (χ0n) is 12.2. The van der Waals surface area contributed by atoms with Crippen LogP contribution in [0.2, 0.25) is 0 Å². The molecule has 1 aliphatic heterocycles. The van der Waals surface area contributed by atoms with Gasteiger partial charge in [0, 0.05) is 13.1 Å². The molecule has 1 unspecified atom stereocenters. The Kier molecular flexibility index (Phi) is 5.60. The molecule has 1 fully saturated rings. The highest BCUT2D eigenvalue weighted by Crippen LogP contribution is 2.14. The highest BCUT2D eigenvalue weighted by Gasteiger charge is 2.35. The van der Waals surface area contributed by atoms with Crippen molar-refractivity contribution >= 4 is 12.0 Å². The molecule has 1 rings (SSSR count). The molecule has 6 heteroatoms. The van der Waals surface area contributed by atoms with Gasteiger partial charge in [0.1, 0.15) is 11.6 Å². The lowest BCUT2D eigenvalue weighted by molar-refractivity contribution is -0.132. The highest BCUT2D eigenvalue weighted by atomic mass is 16.6. The van der Waals surface area contributed by atoms with E-state index in [-0.39, 0.29) is 12.5 Å². The fourth-order valence-corrected chi connectivity index (χ4v) is 1.73. The van der Waals surface area contributed by atoms with E-state index in [1.54, 1.807) is 20.8 Å². The Hall–Kier alpha value is -1.30. The molecule has 0 aromatic carbocycles. The number of nitrogens with zero attached hydrogens (tertiary/aromatic N) is 1. The maximum atomic E-state index is 12.1. The first-order valence-corrected chi connectivity index (χ1v) is 6.70. The third-order valence-corrected chi connectivity index (χ3v) is 2.61. The molecule has 110 valence electrons. The summed E-state index contributed by atoms with van der Waals surface area (Å²) >= 11 is 0. The summed E-state index contributed by atoms with van der Waals surface area (Å²) in [6, 6.07) is -0.602. The standard InChI is InChI=1S/C13H24N2O4/c1-5-6-14-11(16)10-9-18-8-7-15(10)12(17)19-13(2,3)4/h10H,5-9H2,1-4H3,(H,14,16). The van der Waals surface area contributed by atoms with Crippen molar-refractivity contribution < 1.29 is 19.1 Å². The van der Waals surface area contributed by atoms with Crippen LogP contribution in [-0.4, -0.2) is 54.8 Å². The molecular formula is C13H24N2O4. The summed E-state index contributed by atoms with van der Waals surface area (Å²) in [6.07, 6.45) is 0.388. The van der Waals surface area contributed by atoms with E-state index in [2.05, 4.69) is 5.32 Å². The molecule has 1 N–H and O–H groups in total. The van der Waals surface area contributed by atoms with Gasteiger partial charge in [-0.25, -0.2) is 4.79 Å². The topological polar surface area (TPSA) is 67.9 Å². The van der Waals surface area contributed by atoms with E-state index in [0.29, 0.717) is 19.7 Å². The summed E-state index contributed by atoms with van der Waals surface area (Å²) < 4.78 is 10.6. The van der Waals surface area contributed by atoms with Crippen LogP contribution in [0.1, 0.15) is 34.1 Å². The molecule has 0 spiro atoms. The van der Waals surface area contributed by atoms with E-state index >= 15 is 0 Å². The summed E-state index contributed by atoms with van der Waals surface area (Å²) in [4.78, 5) is 25.5. The minimum atomic E-state index is -0.602. The van der Waals surface area contributed by atoms with Gasteiger partial charge in [0.25, 0.3) is 0 Å². The number of nitrogens with one attached hydrogen (secondary N) is 1. The quantitative estimate of drug-likeness (QED) is 0.837. The van der Waals surface area contributed by atoms with Gasteiger partial charge < -0.3 is 14.8 Å². The minimum Gasteiger partial charge on any atom is -0.444 e. The molecule has 0 aromatic heterocycles. The summed E-state index contributed by atoms with van der Waals surface area (Å²) in [5, 5.41) is 2.78. The van der Waals surface area contributed by atoms with Crippen molar-refractivity contribution in [3.8, 4) is 0 Å². The van der Waals surface area contributed by atoms with Crippen molar-refractivity contribution in [1.82, 2.24) is 10.2 Å². The fraction of sp³-hybridized carbons (Fsp3) is 0.846. The summed E-state index contributed by atoms with van der Waals surface area (Å²) in [5.41, 5.74) is -0.570. The smallest absolute Gasteiger partial charge is 0.411 e. The molecule has 1 heterocycles. The monoisotopic (exact) mass is 272 g/mol. The lowest BCUT2D eigenvalue weighted by Gasteiger charge is -2.35. The first-order valence-electron chi connectivity index (χ1n) is 6.70. The second-order valence-corrected chi connectivity index (χ2v) is 5.56. The molecule has 0 saturated carbocycles. The van der Waals surface area contributed by atoms with Gasteiger partial charge in [-0.2, -0.15) is 0 Å². The van der Waals surface area contributed by atoms with Gasteiger partial charge >= 0.3 is 6.09 Å². The Morgan fingerprint density at radius 3 is 2.68 bits per heavy atom. The van der Waals surface area contributed by atoms with Gasteiger partial charge in [-0.15, -0.1) is 0 Å². The molecule has 2 amide bonds. The first kappa shape index (κ1) is 15.8. The number of rotatable bonds is 3. The molecule has 0 aliphatic carbocycles. The average molecular weight is 272 g/mol. The number of morpholine rings is 1. The highest BCUT2D eigenvalue weighted by molar-refractivity contribution is 5.86. The summed E-state index contributed by atoms with van der Waals surface area (Å²) in [5.74, 6) is -0.188. The Morgan fingerprint density at radius 1 is 1.42 bits per heavy atom. The fourth-order valence-electron chi connectivity index (χ4n) is 1.73. The van der Waals surface area contributed by atoms with Gasteiger partial charge in [-0.3, -0.25) is 9.69 Å². The Bertz CT molecular complexity index is 325. The van der Waals surface area contributed by atoms with Crippen LogP contribution >= 0.6 is 0 Å². The van der Waals surface area contributed by atoms with Crippen molar-refractivity contribution in [2.24, 2.45) is 0 Å². The zero-order valence-corrected chi connectivity index (χ0v) is 12.2. The van der Waals surface area contributed by atoms with Gasteiger partial charge in [0.05, 0.1) is 13.2 Å². The number of ether oxygens (including phenoxy) is 2. The van der Waals surface area contributed by atoms with Gasteiger partial charge in [0.2, 0.25) is 5.91 Å². The Balaban J connectivity index is 2.66. The van der Waals surface area contributed by atoms with Crippen LogP contribution in [0.5, 0.6) is 0 Å². The van der Waals surface area contributed by atoms with Crippen molar-refractivity contribution in [3.05, 3.63) is 0 Å². The predicted molar refractivity (Wildman–Crippen MR) is 70.8 cm³/mol. The van der Waals surface area contributed by atoms with Crippen LogP contribution in [-0.2, 0) is 14.3 Å². The second-order valence-electron chi connectivity index (χ2n) is 5.56. The number of carbonyl (C=O) groups excluding carboxylic acids is 2. The van der Waals surface area contributed by atoms with E-state index in [9.17, 15) is 9.59 Å². The van der Waals surface area contributed by atoms with Gasteiger partial charge in [0.15, 0.2) is 0 Å². The van der Waals surface area contributed by atoms with Crippen molar-refractivity contribution in [3.63, 3.8) is 0 Å². The largest absolute Gasteiger partial charge is 0.444 e. The van der Waals surface area contributed by atoms with Crippen LogP contribution in [0.15, 0.2) is 0 Å². The van der Waals surface area contributed by atoms with Gasteiger partial charge in [-0.1, -0.05) is 6.92 Å². The predicted octanol–water partition coefficient (Wildman–Crippen LogP) is 1.15. The zero-order chi connectivity index (χ0) is 14.5. The van der Waals surface area contributed by atoms with E-state index < -0.39 is 17.7 Å². The Labute approximate surface area is 114 Å². The molecule has 1 aliphatic rings. The average Bonchev–Trinajstić information content (AvgIpc) is 2.34. The number of hydrogen-bond acceptors (Lipinski definition) is 4. The number of carbonyl (C=O) groups is 2. The van der Waals surface area contributed by atoms with Crippen molar-refractivity contribution in [2.45, 2.75) is 45.8 Å². The maximum Gasteiger partial charge on any atom is 0.411 e. The molecule has 19 heavy (non-hydrogen) atoms. The van der Waals surface area contributed by atoms with E-state index in [1.807, 2.05) is 6.92 Å². The SMILES string of the molecule is CCCNC(=O)C1COCCN1C(=O)OC(C)(C)C. The molecule has 0 bridgehead atoms.